The Kier molecular flexibility index (Phi) is 5.36. The summed E-state index contributed by atoms with van der Waals surface area (Å²) in [6, 6.07) is 0.193. The van der Waals surface area contributed by atoms with E-state index in [4.69, 9.17) is 0 Å². The number of aryl methyl sites for hydroxylation is 1. The number of carbonyl (C=O) groups is 1. The van der Waals surface area contributed by atoms with Gasteiger partial charge in [0.1, 0.15) is 11.6 Å². The lowest BCUT2D eigenvalue weighted by Gasteiger charge is -2.28. The van der Waals surface area contributed by atoms with Crippen LogP contribution in [0, 0.1) is 24.4 Å². The standard InChI is InChI=1S/C17H16F3N5O2/c1-10-22-23-16-8-24(2-3-25(10)16)17(27)6-12(21-9-26)4-11-5-14(19)15(20)7-13(11)18/h5,7,12H,2-4,6,8H2,1H3. The molecule has 0 bridgehead atoms. The second kappa shape index (κ2) is 7.71. The van der Waals surface area contributed by atoms with Gasteiger partial charge in [-0.2, -0.15) is 0 Å². The lowest BCUT2D eigenvalue weighted by Crippen LogP contribution is -2.40. The topological polar surface area (TPSA) is 80.5 Å². The van der Waals surface area contributed by atoms with Gasteiger partial charge in [0.2, 0.25) is 12.0 Å². The quantitative estimate of drug-likeness (QED) is 0.450. The second-order valence-electron chi connectivity index (χ2n) is 6.27. The van der Waals surface area contributed by atoms with Crippen LogP contribution < -0.4 is 0 Å². The molecule has 2 aromatic rings. The highest BCUT2D eigenvalue weighted by molar-refractivity contribution is 5.77. The summed E-state index contributed by atoms with van der Waals surface area (Å²) < 4.78 is 42.1. The third-order valence-corrected chi connectivity index (χ3v) is 4.48. The molecule has 7 nitrogen and oxygen atoms in total. The zero-order valence-corrected chi connectivity index (χ0v) is 14.5. The number of aliphatic imine (C=N–C) groups is 1. The molecule has 1 aliphatic rings. The minimum Gasteiger partial charge on any atom is -0.333 e. The van der Waals surface area contributed by atoms with Crippen molar-refractivity contribution >= 4 is 12.0 Å². The minimum absolute atomic E-state index is 0.167. The Labute approximate surface area is 152 Å². The molecule has 10 heteroatoms. The predicted octanol–water partition coefficient (Wildman–Crippen LogP) is 1.68. The third-order valence-electron chi connectivity index (χ3n) is 4.48. The van der Waals surface area contributed by atoms with Gasteiger partial charge in [-0.3, -0.25) is 4.79 Å². The molecule has 1 atom stereocenters. The maximum atomic E-state index is 13.8. The van der Waals surface area contributed by atoms with E-state index in [9.17, 15) is 22.8 Å². The lowest BCUT2D eigenvalue weighted by molar-refractivity contribution is -0.133. The molecule has 1 unspecified atom stereocenters. The van der Waals surface area contributed by atoms with E-state index in [-0.39, 0.29) is 30.9 Å². The van der Waals surface area contributed by atoms with Crippen molar-refractivity contribution in [3.05, 3.63) is 46.8 Å². The molecule has 1 aromatic heterocycles. The van der Waals surface area contributed by atoms with Crippen LogP contribution in [0.1, 0.15) is 23.6 Å². The molecule has 0 saturated carbocycles. The van der Waals surface area contributed by atoms with Crippen molar-refractivity contribution in [1.29, 1.82) is 0 Å². The van der Waals surface area contributed by atoms with E-state index >= 15 is 0 Å². The van der Waals surface area contributed by atoms with Crippen LogP contribution in [0.2, 0.25) is 0 Å². The zero-order valence-electron chi connectivity index (χ0n) is 14.5. The highest BCUT2D eigenvalue weighted by atomic mass is 19.2. The van der Waals surface area contributed by atoms with Crippen molar-refractivity contribution in [3.63, 3.8) is 0 Å². The van der Waals surface area contributed by atoms with Crippen LogP contribution in [0.3, 0.4) is 0 Å². The molecule has 0 saturated heterocycles. The first-order chi connectivity index (χ1) is 12.9. The largest absolute Gasteiger partial charge is 0.333 e. The molecule has 1 aliphatic heterocycles. The molecule has 142 valence electrons. The van der Waals surface area contributed by atoms with Crippen LogP contribution >= 0.6 is 0 Å². The average Bonchev–Trinajstić information content (AvgIpc) is 3.00. The van der Waals surface area contributed by atoms with Crippen LogP contribution in [0.5, 0.6) is 0 Å². The Morgan fingerprint density at radius 3 is 2.70 bits per heavy atom. The fourth-order valence-corrected chi connectivity index (χ4v) is 3.06. The molecule has 0 spiro atoms. The van der Waals surface area contributed by atoms with E-state index in [0.717, 1.165) is 5.82 Å². The molecule has 1 aromatic carbocycles. The summed E-state index contributed by atoms with van der Waals surface area (Å²) >= 11 is 0. The Hall–Kier alpha value is -3.00. The first-order valence-corrected chi connectivity index (χ1v) is 8.26. The number of aromatic nitrogens is 3. The predicted molar refractivity (Wildman–Crippen MR) is 86.7 cm³/mol. The van der Waals surface area contributed by atoms with Crippen molar-refractivity contribution in [3.8, 4) is 0 Å². The maximum absolute atomic E-state index is 13.8. The number of isocyanates is 1. The van der Waals surface area contributed by atoms with Crippen molar-refractivity contribution in [2.24, 2.45) is 4.99 Å². The van der Waals surface area contributed by atoms with E-state index in [1.54, 1.807) is 4.90 Å². The lowest BCUT2D eigenvalue weighted by atomic mass is 10.0. The van der Waals surface area contributed by atoms with E-state index in [1.807, 2.05) is 11.5 Å². The van der Waals surface area contributed by atoms with Gasteiger partial charge < -0.3 is 9.47 Å². The van der Waals surface area contributed by atoms with E-state index in [2.05, 4.69) is 15.2 Å². The number of benzene rings is 1. The van der Waals surface area contributed by atoms with Crippen LogP contribution in [0.15, 0.2) is 17.1 Å². The molecular weight excluding hydrogens is 363 g/mol. The van der Waals surface area contributed by atoms with Gasteiger partial charge in [-0.15, -0.1) is 10.2 Å². The molecule has 0 radical (unpaired) electrons. The molecule has 1 amide bonds. The summed E-state index contributed by atoms with van der Waals surface area (Å²) in [6.45, 7) is 3.05. The molecule has 0 aliphatic carbocycles. The van der Waals surface area contributed by atoms with Gasteiger partial charge in [0.05, 0.1) is 19.0 Å². The van der Waals surface area contributed by atoms with Crippen molar-refractivity contribution in [2.45, 2.75) is 38.9 Å². The van der Waals surface area contributed by atoms with Crippen molar-refractivity contribution < 1.29 is 22.8 Å². The SMILES string of the molecule is Cc1nnc2n1CCN(C(=O)CC(Cc1cc(F)c(F)cc1F)N=C=O)C2. The van der Waals surface area contributed by atoms with Crippen molar-refractivity contribution in [2.75, 3.05) is 6.54 Å². The number of hydrogen-bond donors (Lipinski definition) is 0. The molecular formula is C17H16F3N5O2. The highest BCUT2D eigenvalue weighted by Crippen LogP contribution is 2.19. The fourth-order valence-electron chi connectivity index (χ4n) is 3.06. The van der Waals surface area contributed by atoms with Gasteiger partial charge >= 0.3 is 0 Å². The van der Waals surface area contributed by atoms with Crippen LogP contribution in [-0.4, -0.2) is 44.2 Å². The minimum atomic E-state index is -1.31. The zero-order chi connectivity index (χ0) is 19.6. The Balaban J connectivity index is 1.70. The van der Waals surface area contributed by atoms with Gasteiger partial charge in [0.15, 0.2) is 17.5 Å². The molecule has 0 fully saturated rings. The van der Waals surface area contributed by atoms with Crippen molar-refractivity contribution in [1.82, 2.24) is 19.7 Å². The smallest absolute Gasteiger partial charge is 0.235 e. The number of halogens is 3. The summed E-state index contributed by atoms with van der Waals surface area (Å²) in [5, 5.41) is 7.97. The molecule has 3 rings (SSSR count). The number of nitrogens with zero attached hydrogens (tertiary/aromatic N) is 5. The Morgan fingerprint density at radius 2 is 1.96 bits per heavy atom. The number of fused-ring (bicyclic) bond motifs is 1. The fraction of sp³-hybridized carbons (Fsp3) is 0.412. The van der Waals surface area contributed by atoms with Crippen LogP contribution in [-0.2, 0) is 29.1 Å². The number of hydrogen-bond acceptors (Lipinski definition) is 5. The maximum Gasteiger partial charge on any atom is 0.235 e. The summed E-state index contributed by atoms with van der Waals surface area (Å²) in [5.41, 5.74) is -0.167. The highest BCUT2D eigenvalue weighted by Gasteiger charge is 2.26. The number of amides is 1. The summed E-state index contributed by atoms with van der Waals surface area (Å²) in [7, 11) is 0. The number of rotatable bonds is 5. The first kappa shape index (κ1) is 18.8. The average molecular weight is 379 g/mol. The van der Waals surface area contributed by atoms with Gasteiger partial charge in [0, 0.05) is 19.2 Å². The van der Waals surface area contributed by atoms with Gasteiger partial charge in [-0.25, -0.2) is 23.0 Å². The Morgan fingerprint density at radius 1 is 1.22 bits per heavy atom. The molecule has 2 heterocycles. The Bertz CT molecular complexity index is 924. The van der Waals surface area contributed by atoms with Gasteiger partial charge in [-0.05, 0) is 25.0 Å². The third kappa shape index (κ3) is 4.06. The first-order valence-electron chi connectivity index (χ1n) is 8.26. The summed E-state index contributed by atoms with van der Waals surface area (Å²) in [5.74, 6) is -2.39. The van der Waals surface area contributed by atoms with E-state index < -0.39 is 23.5 Å². The monoisotopic (exact) mass is 379 g/mol. The molecule has 0 N–H and O–H groups in total. The second-order valence-corrected chi connectivity index (χ2v) is 6.27. The number of carbonyl (C=O) groups excluding carboxylic acids is 2. The van der Waals surface area contributed by atoms with Gasteiger partial charge in [-0.1, -0.05) is 0 Å². The summed E-state index contributed by atoms with van der Waals surface area (Å²) in [4.78, 5) is 28.3. The van der Waals surface area contributed by atoms with Gasteiger partial charge in [0.25, 0.3) is 0 Å². The molecule has 27 heavy (non-hydrogen) atoms. The van der Waals surface area contributed by atoms with E-state index in [1.165, 1.54) is 6.08 Å². The summed E-state index contributed by atoms with van der Waals surface area (Å²) in [6.07, 6.45) is 0.926. The van der Waals surface area contributed by atoms with Crippen LogP contribution in [0.4, 0.5) is 13.2 Å². The normalized spacial score (nSPS) is 14.4. The van der Waals surface area contributed by atoms with E-state index in [0.29, 0.717) is 31.0 Å². The van der Waals surface area contributed by atoms with Crippen LogP contribution in [0.25, 0.3) is 0 Å².